The van der Waals surface area contributed by atoms with Crippen molar-refractivity contribution in [3.05, 3.63) is 54.1 Å². The lowest BCUT2D eigenvalue weighted by Crippen LogP contribution is -2.18. The second-order valence-corrected chi connectivity index (χ2v) is 7.37. The number of benzene rings is 1. The van der Waals surface area contributed by atoms with E-state index in [1.165, 1.54) is 23.5 Å². The zero-order valence-corrected chi connectivity index (χ0v) is 14.2. The van der Waals surface area contributed by atoms with Crippen LogP contribution in [0.5, 0.6) is 0 Å². The number of halogens is 4. The summed E-state index contributed by atoms with van der Waals surface area (Å²) < 4.78 is 29.5. The van der Waals surface area contributed by atoms with E-state index in [0.29, 0.717) is 11.1 Å². The third-order valence-corrected chi connectivity index (χ3v) is 6.15. The molecule has 0 spiro atoms. The quantitative estimate of drug-likeness (QED) is 0.735. The van der Waals surface area contributed by atoms with Gasteiger partial charge in [-0.3, -0.25) is 0 Å². The average Bonchev–Trinajstić information content (AvgIpc) is 2.67. The van der Waals surface area contributed by atoms with Gasteiger partial charge >= 0.3 is 0 Å². The molecule has 0 radical (unpaired) electrons. The zero-order valence-electron chi connectivity index (χ0n) is 10.2. The summed E-state index contributed by atoms with van der Waals surface area (Å²) >= 11 is 8.28. The number of hydrogen-bond donors (Lipinski definition) is 1. The highest BCUT2D eigenvalue weighted by Gasteiger charge is 2.21. The second kappa shape index (κ2) is 5.99. The predicted molar refractivity (Wildman–Crippen MR) is 81.7 cm³/mol. The minimum Gasteiger partial charge on any atom is -0.309 e. The lowest BCUT2D eigenvalue weighted by atomic mass is 10.0. The van der Waals surface area contributed by atoms with Gasteiger partial charge < -0.3 is 5.32 Å². The molecule has 2 aromatic rings. The normalized spacial score (nSPS) is 12.7. The van der Waals surface area contributed by atoms with Crippen molar-refractivity contribution < 1.29 is 8.78 Å². The maximum Gasteiger partial charge on any atom is 0.128 e. The van der Waals surface area contributed by atoms with E-state index in [0.717, 1.165) is 13.1 Å². The van der Waals surface area contributed by atoms with Crippen LogP contribution in [0.25, 0.3) is 0 Å². The van der Waals surface area contributed by atoms with Gasteiger partial charge in [0.15, 0.2) is 0 Å². The van der Waals surface area contributed by atoms with Gasteiger partial charge in [0.25, 0.3) is 0 Å². The molecule has 0 amide bonds. The van der Waals surface area contributed by atoms with Crippen LogP contribution in [-0.2, 0) is 0 Å². The Hall–Kier alpha value is -0.300. The van der Waals surface area contributed by atoms with Crippen LogP contribution in [-0.4, -0.2) is 7.05 Å². The Labute approximate surface area is 131 Å². The van der Waals surface area contributed by atoms with Crippen LogP contribution in [0.3, 0.4) is 0 Å². The molecule has 0 fully saturated rings. The molecular formula is C13H11Br2F2NS. The van der Waals surface area contributed by atoms with E-state index < -0.39 is 11.6 Å². The first kappa shape index (κ1) is 15.1. The Kier molecular flexibility index (Phi) is 4.76. The molecule has 1 atom stereocenters. The average molecular weight is 411 g/mol. The zero-order chi connectivity index (χ0) is 14.2. The topological polar surface area (TPSA) is 12.0 Å². The van der Waals surface area contributed by atoms with Crippen LogP contribution in [0.2, 0.25) is 0 Å². The van der Waals surface area contributed by atoms with Crippen LogP contribution >= 0.6 is 43.2 Å². The smallest absolute Gasteiger partial charge is 0.128 e. The Bertz CT molecular complexity index is 593. The van der Waals surface area contributed by atoms with Gasteiger partial charge in [-0.05, 0) is 69.6 Å². The predicted octanol–water partition coefficient (Wildman–Crippen LogP) is 5.17. The molecule has 1 nitrogen and oxygen atoms in total. The maximum absolute atomic E-state index is 14.0. The third kappa shape index (κ3) is 3.07. The molecule has 1 heterocycles. The third-order valence-electron chi connectivity index (χ3n) is 2.83. The van der Waals surface area contributed by atoms with Crippen molar-refractivity contribution in [1.82, 2.24) is 5.32 Å². The van der Waals surface area contributed by atoms with Crippen LogP contribution in [0.1, 0.15) is 22.0 Å². The summed E-state index contributed by atoms with van der Waals surface area (Å²) in [5, 5.41) is 3.02. The summed E-state index contributed by atoms with van der Waals surface area (Å²) in [4.78, 5) is 0.906. The molecule has 0 aliphatic rings. The van der Waals surface area contributed by atoms with Crippen LogP contribution in [0.4, 0.5) is 8.78 Å². The fourth-order valence-electron chi connectivity index (χ4n) is 1.84. The van der Waals surface area contributed by atoms with Gasteiger partial charge in [-0.2, -0.15) is 0 Å². The molecule has 6 heteroatoms. The summed E-state index contributed by atoms with van der Waals surface area (Å²) in [6, 6.07) is 4.01. The standard InChI is InChI=1S/C13H11Br2F2NS/c1-6-3-10(17)7(4-9(6)16)12(18-2)11-5-8(14)13(15)19-11/h3-5,12,18H,1-2H3. The van der Waals surface area contributed by atoms with E-state index in [4.69, 9.17) is 0 Å². The molecule has 0 saturated carbocycles. The highest BCUT2D eigenvalue weighted by molar-refractivity contribution is 9.13. The van der Waals surface area contributed by atoms with Crippen molar-refractivity contribution in [2.75, 3.05) is 7.05 Å². The van der Waals surface area contributed by atoms with Crippen molar-refractivity contribution >= 4 is 43.2 Å². The molecule has 0 aliphatic heterocycles. The molecule has 102 valence electrons. The second-order valence-electron chi connectivity index (χ2n) is 4.12. The molecular weight excluding hydrogens is 400 g/mol. The Morgan fingerprint density at radius 3 is 2.37 bits per heavy atom. The molecule has 0 aliphatic carbocycles. The lowest BCUT2D eigenvalue weighted by molar-refractivity contribution is 0.556. The van der Waals surface area contributed by atoms with Gasteiger partial charge in [0, 0.05) is 14.9 Å². The van der Waals surface area contributed by atoms with E-state index in [-0.39, 0.29) is 6.04 Å². The largest absolute Gasteiger partial charge is 0.309 e. The number of rotatable bonds is 3. The number of hydrogen-bond acceptors (Lipinski definition) is 2. The lowest BCUT2D eigenvalue weighted by Gasteiger charge is -2.16. The van der Waals surface area contributed by atoms with Gasteiger partial charge in [-0.1, -0.05) is 0 Å². The van der Waals surface area contributed by atoms with Crippen molar-refractivity contribution in [3.63, 3.8) is 0 Å². The van der Waals surface area contributed by atoms with Crippen molar-refractivity contribution in [1.29, 1.82) is 0 Å². The summed E-state index contributed by atoms with van der Waals surface area (Å²) in [6.45, 7) is 1.55. The van der Waals surface area contributed by atoms with E-state index in [1.807, 2.05) is 6.07 Å². The fraction of sp³-hybridized carbons (Fsp3) is 0.231. The van der Waals surface area contributed by atoms with E-state index in [2.05, 4.69) is 37.2 Å². The van der Waals surface area contributed by atoms with Gasteiger partial charge in [0.05, 0.1) is 9.83 Å². The Balaban J connectivity index is 2.50. The first-order chi connectivity index (χ1) is 8.93. The minimum absolute atomic E-state index is 0.310. The number of nitrogens with one attached hydrogen (secondary N) is 1. The first-order valence-electron chi connectivity index (χ1n) is 5.51. The SMILES string of the molecule is CNC(c1cc(Br)c(Br)s1)c1cc(F)c(C)cc1F. The fourth-order valence-corrected chi connectivity index (χ4v) is 4.06. The Morgan fingerprint density at radius 2 is 1.84 bits per heavy atom. The van der Waals surface area contributed by atoms with Crippen LogP contribution in [0.15, 0.2) is 26.5 Å². The maximum atomic E-state index is 14.0. The first-order valence-corrected chi connectivity index (χ1v) is 7.91. The van der Waals surface area contributed by atoms with E-state index in [1.54, 1.807) is 14.0 Å². The van der Waals surface area contributed by atoms with E-state index >= 15 is 0 Å². The monoisotopic (exact) mass is 409 g/mol. The molecule has 1 N–H and O–H groups in total. The number of aryl methyl sites for hydroxylation is 1. The molecule has 2 rings (SSSR count). The minimum atomic E-state index is -0.404. The molecule has 1 aromatic carbocycles. The van der Waals surface area contributed by atoms with Crippen molar-refractivity contribution in [2.45, 2.75) is 13.0 Å². The highest BCUT2D eigenvalue weighted by atomic mass is 79.9. The van der Waals surface area contributed by atoms with Gasteiger partial charge in [0.1, 0.15) is 11.6 Å². The van der Waals surface area contributed by atoms with Gasteiger partial charge in [-0.25, -0.2) is 8.78 Å². The summed E-state index contributed by atoms with van der Waals surface area (Å²) in [5.41, 5.74) is 0.622. The van der Waals surface area contributed by atoms with E-state index in [9.17, 15) is 8.78 Å². The van der Waals surface area contributed by atoms with Crippen LogP contribution in [0, 0.1) is 18.6 Å². The van der Waals surface area contributed by atoms with Gasteiger partial charge in [0.2, 0.25) is 0 Å². The molecule has 1 unspecified atom stereocenters. The molecule has 0 bridgehead atoms. The Morgan fingerprint density at radius 1 is 1.16 bits per heavy atom. The van der Waals surface area contributed by atoms with Crippen LogP contribution < -0.4 is 5.32 Å². The summed E-state index contributed by atoms with van der Waals surface area (Å²) in [7, 11) is 1.73. The van der Waals surface area contributed by atoms with Gasteiger partial charge in [-0.15, -0.1) is 11.3 Å². The van der Waals surface area contributed by atoms with Crippen molar-refractivity contribution in [2.24, 2.45) is 0 Å². The molecule has 0 saturated heterocycles. The highest BCUT2D eigenvalue weighted by Crippen LogP contribution is 2.38. The molecule has 1 aromatic heterocycles. The van der Waals surface area contributed by atoms with Crippen molar-refractivity contribution in [3.8, 4) is 0 Å². The summed E-state index contributed by atoms with van der Waals surface area (Å²) in [5.74, 6) is -0.801. The number of thiophene rings is 1. The summed E-state index contributed by atoms with van der Waals surface area (Å²) in [6.07, 6.45) is 0. The molecule has 19 heavy (non-hydrogen) atoms.